The summed E-state index contributed by atoms with van der Waals surface area (Å²) in [6.45, 7) is 1.87. The number of aryl methyl sites for hydroxylation is 1. The van der Waals surface area contributed by atoms with E-state index >= 15 is 0 Å². The molecular formula is C24H19ClFN5O2S. The van der Waals surface area contributed by atoms with Gasteiger partial charge in [-0.1, -0.05) is 36.7 Å². The van der Waals surface area contributed by atoms with Crippen molar-refractivity contribution in [2.45, 2.75) is 13.3 Å². The molecule has 0 saturated carbocycles. The van der Waals surface area contributed by atoms with Gasteiger partial charge in [0.05, 0.1) is 34.4 Å². The Labute approximate surface area is 201 Å². The summed E-state index contributed by atoms with van der Waals surface area (Å²) >= 11 is 6.05. The van der Waals surface area contributed by atoms with Gasteiger partial charge in [-0.05, 0) is 41.8 Å². The quantitative estimate of drug-likeness (QED) is 0.335. The largest absolute Gasteiger partial charge is 0.351 e. The minimum atomic E-state index is -3.56. The first-order chi connectivity index (χ1) is 16.2. The van der Waals surface area contributed by atoms with Crippen molar-refractivity contribution in [3.05, 3.63) is 77.0 Å². The molecule has 34 heavy (non-hydrogen) atoms. The second-order valence-corrected chi connectivity index (χ2v) is 9.69. The Kier molecular flexibility index (Phi) is 6.37. The van der Waals surface area contributed by atoms with Crippen molar-refractivity contribution < 1.29 is 12.8 Å². The van der Waals surface area contributed by atoms with E-state index < -0.39 is 10.0 Å². The minimum absolute atomic E-state index is 0.0111. The van der Waals surface area contributed by atoms with E-state index in [1.165, 1.54) is 12.4 Å². The van der Waals surface area contributed by atoms with Gasteiger partial charge in [-0.15, -0.1) is 0 Å². The molecule has 2 N–H and O–H groups in total. The molecule has 0 aliphatic rings. The Balaban J connectivity index is 1.86. The van der Waals surface area contributed by atoms with Gasteiger partial charge in [0.15, 0.2) is 5.15 Å². The highest BCUT2D eigenvalue weighted by Crippen LogP contribution is 2.34. The van der Waals surface area contributed by atoms with Gasteiger partial charge in [-0.2, -0.15) is 5.26 Å². The van der Waals surface area contributed by atoms with Crippen molar-refractivity contribution >= 4 is 49.6 Å². The summed E-state index contributed by atoms with van der Waals surface area (Å²) in [6, 6.07) is 14.1. The lowest BCUT2D eigenvalue weighted by Gasteiger charge is -2.15. The molecule has 0 bridgehead atoms. The second kappa shape index (κ2) is 9.25. The molecule has 10 heteroatoms. The number of nitrogens with one attached hydrogen (secondary N) is 2. The predicted molar refractivity (Wildman–Crippen MR) is 132 cm³/mol. The monoisotopic (exact) mass is 495 g/mol. The zero-order valence-electron chi connectivity index (χ0n) is 18.2. The minimum Gasteiger partial charge on any atom is -0.351 e. The Hall–Kier alpha value is -3.74. The molecule has 0 atom stereocenters. The molecule has 0 spiro atoms. The number of aromatic nitrogens is 2. The topological polar surface area (TPSA) is 108 Å². The molecule has 0 saturated heterocycles. The van der Waals surface area contributed by atoms with Crippen LogP contribution in [0.3, 0.4) is 0 Å². The van der Waals surface area contributed by atoms with Crippen LogP contribution in [0.1, 0.15) is 18.1 Å². The third kappa shape index (κ3) is 4.78. The van der Waals surface area contributed by atoms with Gasteiger partial charge in [0.2, 0.25) is 10.0 Å². The molecule has 4 aromatic rings. The fourth-order valence-electron chi connectivity index (χ4n) is 3.55. The van der Waals surface area contributed by atoms with Crippen LogP contribution in [-0.4, -0.2) is 24.6 Å². The predicted octanol–water partition coefficient (Wildman–Crippen LogP) is 5.64. The molecule has 0 unspecified atom stereocenters. The van der Waals surface area contributed by atoms with Crippen molar-refractivity contribution in [1.29, 1.82) is 5.26 Å². The van der Waals surface area contributed by atoms with Crippen molar-refractivity contribution in [2.24, 2.45) is 0 Å². The smallest absolute Gasteiger partial charge is 0.229 e. The van der Waals surface area contributed by atoms with Crippen LogP contribution in [0, 0.1) is 17.1 Å². The van der Waals surface area contributed by atoms with E-state index in [0.29, 0.717) is 39.7 Å². The van der Waals surface area contributed by atoms with Gasteiger partial charge in [0, 0.05) is 23.3 Å². The lowest BCUT2D eigenvalue weighted by Crippen LogP contribution is -2.10. The Morgan fingerprint density at radius 1 is 1.09 bits per heavy atom. The number of hydrogen-bond donors (Lipinski definition) is 2. The van der Waals surface area contributed by atoms with E-state index in [-0.39, 0.29) is 27.9 Å². The number of benzene rings is 2. The molecule has 4 rings (SSSR count). The summed E-state index contributed by atoms with van der Waals surface area (Å²) in [7, 11) is -3.56. The third-order valence-electron chi connectivity index (χ3n) is 5.18. The fourth-order valence-corrected chi connectivity index (χ4v) is 4.31. The zero-order chi connectivity index (χ0) is 24.5. The highest BCUT2D eigenvalue weighted by atomic mass is 35.5. The van der Waals surface area contributed by atoms with Crippen LogP contribution >= 0.6 is 11.6 Å². The lowest BCUT2D eigenvalue weighted by molar-refractivity contribution is 0.606. The van der Waals surface area contributed by atoms with Crippen molar-refractivity contribution in [3.63, 3.8) is 0 Å². The maximum absolute atomic E-state index is 14.9. The number of sulfonamides is 1. The molecule has 2 aromatic heterocycles. The first-order valence-corrected chi connectivity index (χ1v) is 12.5. The average Bonchev–Trinajstić information content (AvgIpc) is 2.80. The molecule has 7 nitrogen and oxygen atoms in total. The van der Waals surface area contributed by atoms with E-state index in [0.717, 1.165) is 6.26 Å². The number of hydrogen-bond acceptors (Lipinski definition) is 6. The van der Waals surface area contributed by atoms with Gasteiger partial charge in [-0.3, -0.25) is 9.71 Å². The lowest BCUT2D eigenvalue weighted by atomic mass is 10.0. The number of pyridine rings is 2. The summed E-state index contributed by atoms with van der Waals surface area (Å²) < 4.78 is 40.6. The summed E-state index contributed by atoms with van der Waals surface area (Å²) in [5.41, 5.74) is 3.47. The average molecular weight is 496 g/mol. The molecule has 0 aliphatic carbocycles. The molecule has 2 aromatic carbocycles. The van der Waals surface area contributed by atoms with E-state index in [4.69, 9.17) is 11.6 Å². The SMILES string of the molecule is CCc1cccc(Nc2c(C#N)cnc3ccc(-c4cnc(Cl)c(NS(C)(=O)=O)c4)cc23)c1F. The van der Waals surface area contributed by atoms with Crippen LogP contribution in [0.4, 0.5) is 21.5 Å². The van der Waals surface area contributed by atoms with Gasteiger partial charge >= 0.3 is 0 Å². The number of anilines is 3. The Bertz CT molecular complexity index is 1570. The third-order valence-corrected chi connectivity index (χ3v) is 6.07. The standard InChI is InChI=1S/C24H19ClFN5O2S/c1-3-14-5-4-6-20(22(14)26)30-23-17(11-27)13-28-19-8-7-15(9-18(19)23)16-10-21(24(25)29-12-16)31-34(2,32)33/h4-10,12-13,31H,3H2,1-2H3,(H,28,30). The molecule has 0 radical (unpaired) electrons. The summed E-state index contributed by atoms with van der Waals surface area (Å²) in [5.74, 6) is -0.381. The number of nitriles is 1. The molecule has 2 heterocycles. The van der Waals surface area contributed by atoms with E-state index in [2.05, 4.69) is 26.1 Å². The highest BCUT2D eigenvalue weighted by Gasteiger charge is 2.15. The number of fused-ring (bicyclic) bond motifs is 1. The van der Waals surface area contributed by atoms with Gasteiger partial charge in [0.25, 0.3) is 0 Å². The van der Waals surface area contributed by atoms with Crippen molar-refractivity contribution in [1.82, 2.24) is 9.97 Å². The van der Waals surface area contributed by atoms with Crippen LogP contribution in [0.2, 0.25) is 5.15 Å². The first kappa shape index (κ1) is 23.4. The molecule has 172 valence electrons. The number of nitrogens with zero attached hydrogens (tertiary/aromatic N) is 3. The van der Waals surface area contributed by atoms with Gasteiger partial charge in [-0.25, -0.2) is 17.8 Å². The second-order valence-electron chi connectivity index (χ2n) is 7.58. The van der Waals surface area contributed by atoms with E-state index in [1.54, 1.807) is 42.5 Å². The van der Waals surface area contributed by atoms with Gasteiger partial charge < -0.3 is 5.32 Å². The maximum Gasteiger partial charge on any atom is 0.229 e. The molecule has 0 fully saturated rings. The zero-order valence-corrected chi connectivity index (χ0v) is 19.8. The van der Waals surface area contributed by atoms with Crippen molar-refractivity contribution in [2.75, 3.05) is 16.3 Å². The van der Waals surface area contributed by atoms with E-state index in [1.807, 2.05) is 6.92 Å². The summed E-state index contributed by atoms with van der Waals surface area (Å²) in [6.07, 6.45) is 4.49. The Morgan fingerprint density at radius 3 is 2.59 bits per heavy atom. The number of rotatable bonds is 6. The van der Waals surface area contributed by atoms with Crippen molar-refractivity contribution in [3.8, 4) is 17.2 Å². The summed E-state index contributed by atoms with van der Waals surface area (Å²) in [5, 5.41) is 13.3. The number of halogens is 2. The van der Waals surface area contributed by atoms with Crippen LogP contribution in [0.5, 0.6) is 0 Å². The van der Waals surface area contributed by atoms with Crippen LogP contribution in [-0.2, 0) is 16.4 Å². The van der Waals surface area contributed by atoms with Crippen LogP contribution in [0.15, 0.2) is 54.9 Å². The normalized spacial score (nSPS) is 11.3. The molecule has 0 aliphatic heterocycles. The molecular weight excluding hydrogens is 477 g/mol. The van der Waals surface area contributed by atoms with Crippen LogP contribution in [0.25, 0.3) is 22.0 Å². The summed E-state index contributed by atoms with van der Waals surface area (Å²) in [4.78, 5) is 8.42. The van der Waals surface area contributed by atoms with E-state index in [9.17, 15) is 18.1 Å². The Morgan fingerprint density at radius 2 is 1.88 bits per heavy atom. The van der Waals surface area contributed by atoms with Gasteiger partial charge in [0.1, 0.15) is 11.9 Å². The maximum atomic E-state index is 14.9. The highest BCUT2D eigenvalue weighted by molar-refractivity contribution is 7.92. The fraction of sp³-hybridized carbons (Fsp3) is 0.125. The first-order valence-electron chi connectivity index (χ1n) is 10.2. The van der Waals surface area contributed by atoms with Crippen LogP contribution < -0.4 is 10.0 Å². The molecule has 0 amide bonds.